The van der Waals surface area contributed by atoms with Crippen LogP contribution in [0, 0.1) is 13.8 Å². The van der Waals surface area contributed by atoms with E-state index in [9.17, 15) is 4.79 Å². The summed E-state index contributed by atoms with van der Waals surface area (Å²) >= 11 is 0.619. The molecule has 3 rings (SSSR count). The highest BCUT2D eigenvalue weighted by Crippen LogP contribution is 2.27. The van der Waals surface area contributed by atoms with Gasteiger partial charge in [0, 0.05) is 40.7 Å². The van der Waals surface area contributed by atoms with Crippen molar-refractivity contribution in [3.8, 4) is 17.1 Å². The highest BCUT2D eigenvalue weighted by Gasteiger charge is 2.15. The zero-order valence-electron chi connectivity index (χ0n) is 16.3. The van der Waals surface area contributed by atoms with Crippen LogP contribution in [0.15, 0.2) is 53.4 Å². The fourth-order valence-corrected chi connectivity index (χ4v) is 3.35. The number of aryl methyl sites for hydroxylation is 2. The number of hydrogen-bond donors (Lipinski definition) is 4. The van der Waals surface area contributed by atoms with Crippen molar-refractivity contribution in [2.45, 2.75) is 31.2 Å². The van der Waals surface area contributed by atoms with Crippen molar-refractivity contribution < 1.29 is 14.1 Å². The molecular formula is C21H24N4O3S. The zero-order valence-corrected chi connectivity index (χ0v) is 17.1. The maximum absolute atomic E-state index is 12.2. The van der Waals surface area contributed by atoms with E-state index in [0.717, 1.165) is 22.4 Å². The molecule has 0 radical (unpaired) electrons. The predicted octanol–water partition coefficient (Wildman–Crippen LogP) is 3.99. The van der Waals surface area contributed by atoms with E-state index < -0.39 is 6.04 Å². The standard InChI is InChI=1S/C21H24N4O3S/c1-13-5-3-6-14(2)20(13)18-12-19(25-24-18)28-10-9-17(22)21(26)23-15-7-4-8-16(11-15)29-27/h3-8,11-12,17,27H,9-10,22H2,1-2H3,(H,23,26)(H,24,25). The van der Waals surface area contributed by atoms with Crippen molar-refractivity contribution in [3.63, 3.8) is 0 Å². The Bertz CT molecular complexity index is 969. The van der Waals surface area contributed by atoms with Gasteiger partial charge in [-0.15, -0.1) is 5.10 Å². The minimum Gasteiger partial charge on any atom is -0.477 e. The summed E-state index contributed by atoms with van der Waals surface area (Å²) < 4.78 is 14.7. The maximum atomic E-state index is 12.2. The Morgan fingerprint density at radius 3 is 2.69 bits per heavy atom. The van der Waals surface area contributed by atoms with Crippen molar-refractivity contribution in [1.29, 1.82) is 0 Å². The number of carbonyl (C=O) groups is 1. The molecule has 8 heteroatoms. The largest absolute Gasteiger partial charge is 0.477 e. The van der Waals surface area contributed by atoms with Gasteiger partial charge in [-0.1, -0.05) is 24.3 Å². The van der Waals surface area contributed by atoms with Crippen LogP contribution in [0.1, 0.15) is 17.5 Å². The van der Waals surface area contributed by atoms with Gasteiger partial charge in [-0.25, -0.2) is 0 Å². The molecule has 0 bridgehead atoms. The summed E-state index contributed by atoms with van der Waals surface area (Å²) in [5.74, 6) is 0.148. The van der Waals surface area contributed by atoms with E-state index >= 15 is 0 Å². The number of benzene rings is 2. The summed E-state index contributed by atoms with van der Waals surface area (Å²) in [4.78, 5) is 12.9. The molecule has 1 aromatic heterocycles. The first kappa shape index (κ1) is 20.9. The molecule has 3 aromatic rings. The number of amides is 1. The van der Waals surface area contributed by atoms with Gasteiger partial charge in [0.1, 0.15) is 0 Å². The summed E-state index contributed by atoms with van der Waals surface area (Å²) in [6.07, 6.45) is 0.339. The lowest BCUT2D eigenvalue weighted by molar-refractivity contribution is -0.117. The normalized spacial score (nSPS) is 11.9. The Morgan fingerprint density at radius 1 is 1.24 bits per heavy atom. The van der Waals surface area contributed by atoms with Crippen molar-refractivity contribution in [2.24, 2.45) is 5.73 Å². The van der Waals surface area contributed by atoms with Crippen molar-refractivity contribution in [2.75, 3.05) is 11.9 Å². The van der Waals surface area contributed by atoms with E-state index in [1.54, 1.807) is 24.3 Å². The van der Waals surface area contributed by atoms with Gasteiger partial charge in [-0.05, 0) is 43.2 Å². The molecule has 5 N–H and O–H groups in total. The summed E-state index contributed by atoms with van der Waals surface area (Å²) in [7, 11) is 0. The van der Waals surface area contributed by atoms with E-state index in [4.69, 9.17) is 15.0 Å². The van der Waals surface area contributed by atoms with E-state index in [1.165, 1.54) is 0 Å². The Labute approximate surface area is 173 Å². The van der Waals surface area contributed by atoms with Crippen LogP contribution < -0.4 is 15.8 Å². The first-order chi connectivity index (χ1) is 14.0. The number of ether oxygens (including phenoxy) is 1. The monoisotopic (exact) mass is 412 g/mol. The first-order valence-corrected chi connectivity index (χ1v) is 9.98. The molecule has 0 spiro atoms. The molecular weight excluding hydrogens is 388 g/mol. The Kier molecular flexibility index (Phi) is 6.92. The second-order valence-electron chi connectivity index (χ2n) is 6.74. The van der Waals surface area contributed by atoms with Gasteiger partial charge in [-0.2, -0.15) is 0 Å². The second-order valence-corrected chi connectivity index (χ2v) is 7.39. The quantitative estimate of drug-likeness (QED) is 0.416. The fraction of sp³-hybridized carbons (Fsp3) is 0.238. The van der Waals surface area contributed by atoms with Crippen molar-refractivity contribution in [3.05, 3.63) is 59.7 Å². The van der Waals surface area contributed by atoms with Gasteiger partial charge in [-0.3, -0.25) is 9.89 Å². The molecule has 0 saturated heterocycles. The molecule has 2 aromatic carbocycles. The van der Waals surface area contributed by atoms with Crippen LogP contribution in [-0.2, 0) is 4.79 Å². The average molecular weight is 413 g/mol. The summed E-state index contributed by atoms with van der Waals surface area (Å²) in [6, 6.07) is 14.1. The smallest absolute Gasteiger partial charge is 0.241 e. The van der Waals surface area contributed by atoms with Gasteiger partial charge >= 0.3 is 0 Å². The van der Waals surface area contributed by atoms with E-state index in [-0.39, 0.29) is 12.5 Å². The van der Waals surface area contributed by atoms with Crippen LogP contribution in [0.3, 0.4) is 0 Å². The van der Waals surface area contributed by atoms with Crippen LogP contribution in [-0.4, -0.2) is 33.3 Å². The van der Waals surface area contributed by atoms with Crippen LogP contribution in [0.2, 0.25) is 0 Å². The molecule has 1 unspecified atom stereocenters. The zero-order chi connectivity index (χ0) is 20.8. The highest BCUT2D eigenvalue weighted by atomic mass is 32.2. The molecule has 0 aliphatic heterocycles. The number of aromatic nitrogens is 2. The number of nitrogens with one attached hydrogen (secondary N) is 2. The number of anilines is 1. The number of aromatic amines is 1. The second kappa shape index (κ2) is 9.60. The van der Waals surface area contributed by atoms with Gasteiger partial charge < -0.3 is 20.3 Å². The number of nitrogens with two attached hydrogens (primary N) is 1. The predicted molar refractivity (Wildman–Crippen MR) is 115 cm³/mol. The SMILES string of the molecule is Cc1cccc(C)c1-c1cc(OCCC(N)C(=O)Nc2cccc(SO)c2)n[nH]1. The maximum Gasteiger partial charge on any atom is 0.241 e. The van der Waals surface area contributed by atoms with E-state index in [1.807, 2.05) is 12.1 Å². The van der Waals surface area contributed by atoms with E-state index in [2.05, 4.69) is 41.5 Å². The molecule has 1 atom stereocenters. The third-order valence-electron chi connectivity index (χ3n) is 4.53. The molecule has 0 aliphatic rings. The van der Waals surface area contributed by atoms with Gasteiger partial charge in [0.05, 0.1) is 18.3 Å². The molecule has 0 aliphatic carbocycles. The van der Waals surface area contributed by atoms with Gasteiger partial charge in [0.15, 0.2) is 0 Å². The fourth-order valence-electron chi connectivity index (χ4n) is 3.03. The van der Waals surface area contributed by atoms with Crippen LogP contribution >= 0.6 is 12.0 Å². The minimum atomic E-state index is -0.725. The Hall–Kier alpha value is -2.81. The lowest BCUT2D eigenvalue weighted by atomic mass is 10.0. The van der Waals surface area contributed by atoms with Crippen molar-refractivity contribution >= 4 is 23.6 Å². The Morgan fingerprint density at radius 2 is 1.97 bits per heavy atom. The number of carbonyl (C=O) groups excluding carboxylic acids is 1. The number of nitrogens with zero attached hydrogens (tertiary/aromatic N) is 1. The number of H-pyrrole nitrogens is 1. The third kappa shape index (κ3) is 5.38. The van der Waals surface area contributed by atoms with Gasteiger partial charge in [0.2, 0.25) is 11.8 Å². The average Bonchev–Trinajstić information content (AvgIpc) is 3.16. The summed E-state index contributed by atoms with van der Waals surface area (Å²) in [6.45, 7) is 4.37. The molecule has 0 fully saturated rings. The summed E-state index contributed by atoms with van der Waals surface area (Å²) in [5.41, 5.74) is 10.8. The Balaban J connectivity index is 1.52. The van der Waals surface area contributed by atoms with E-state index in [0.29, 0.717) is 34.9 Å². The molecule has 29 heavy (non-hydrogen) atoms. The van der Waals surface area contributed by atoms with Gasteiger partial charge in [0.25, 0.3) is 0 Å². The topological polar surface area (TPSA) is 113 Å². The van der Waals surface area contributed by atoms with Crippen LogP contribution in [0.5, 0.6) is 5.88 Å². The highest BCUT2D eigenvalue weighted by molar-refractivity contribution is 7.93. The number of hydrogen-bond acceptors (Lipinski definition) is 6. The molecule has 152 valence electrons. The minimum absolute atomic E-state index is 0.262. The molecule has 1 heterocycles. The van der Waals surface area contributed by atoms with Crippen LogP contribution in [0.25, 0.3) is 11.3 Å². The lowest BCUT2D eigenvalue weighted by Crippen LogP contribution is -2.36. The first-order valence-electron chi connectivity index (χ1n) is 9.20. The summed E-state index contributed by atoms with van der Waals surface area (Å²) in [5, 5.41) is 9.93. The lowest BCUT2D eigenvalue weighted by Gasteiger charge is -2.12. The molecule has 0 saturated carbocycles. The van der Waals surface area contributed by atoms with Crippen molar-refractivity contribution in [1.82, 2.24) is 10.2 Å². The molecule has 7 nitrogen and oxygen atoms in total. The third-order valence-corrected chi connectivity index (χ3v) is 4.99. The van der Waals surface area contributed by atoms with Crippen LogP contribution in [0.4, 0.5) is 5.69 Å². The number of rotatable bonds is 8. The molecule has 1 amide bonds.